The minimum atomic E-state index is -0.137. The second kappa shape index (κ2) is 5.21. The molecule has 0 saturated heterocycles. The van der Waals surface area contributed by atoms with Crippen LogP contribution < -0.4 is 11.5 Å². The fourth-order valence-electron chi connectivity index (χ4n) is 0.795. The second-order valence-corrected chi connectivity index (χ2v) is 3.78. The SMILES string of the molecule is NC(N)=NN=Cc1cc(Cl)c(Cl)cc1Cl. The molecule has 80 valence electrons. The lowest BCUT2D eigenvalue weighted by atomic mass is 10.2. The van der Waals surface area contributed by atoms with Crippen LogP contribution in [0.5, 0.6) is 0 Å². The van der Waals surface area contributed by atoms with Crippen molar-refractivity contribution in [3.8, 4) is 0 Å². The molecule has 0 aliphatic rings. The molecule has 7 heteroatoms. The van der Waals surface area contributed by atoms with E-state index in [0.717, 1.165) is 0 Å². The normalized spacial score (nSPS) is 10.6. The summed E-state index contributed by atoms with van der Waals surface area (Å²) < 4.78 is 0. The zero-order valence-electron chi connectivity index (χ0n) is 7.42. The Hall–Kier alpha value is -0.970. The van der Waals surface area contributed by atoms with Crippen LogP contribution in [-0.2, 0) is 0 Å². The lowest BCUT2D eigenvalue weighted by molar-refractivity contribution is 1.21. The molecule has 0 bridgehead atoms. The lowest BCUT2D eigenvalue weighted by Crippen LogP contribution is -2.21. The van der Waals surface area contributed by atoms with Gasteiger partial charge in [-0.15, -0.1) is 5.10 Å². The van der Waals surface area contributed by atoms with E-state index >= 15 is 0 Å². The van der Waals surface area contributed by atoms with Crippen molar-refractivity contribution in [2.45, 2.75) is 0 Å². The molecular weight excluding hydrogens is 258 g/mol. The van der Waals surface area contributed by atoms with Gasteiger partial charge in [-0.1, -0.05) is 34.8 Å². The molecule has 0 heterocycles. The molecule has 0 spiro atoms. The van der Waals surface area contributed by atoms with Crippen molar-refractivity contribution in [2.75, 3.05) is 0 Å². The molecule has 0 aromatic heterocycles. The number of benzene rings is 1. The van der Waals surface area contributed by atoms with Crippen LogP contribution >= 0.6 is 34.8 Å². The van der Waals surface area contributed by atoms with Gasteiger partial charge in [-0.3, -0.25) is 0 Å². The fourth-order valence-corrected chi connectivity index (χ4v) is 1.40. The van der Waals surface area contributed by atoms with Gasteiger partial charge in [0.05, 0.1) is 21.3 Å². The van der Waals surface area contributed by atoms with Crippen LogP contribution in [0.3, 0.4) is 0 Å². The Kier molecular flexibility index (Phi) is 4.20. The van der Waals surface area contributed by atoms with E-state index < -0.39 is 0 Å². The highest BCUT2D eigenvalue weighted by Gasteiger charge is 2.03. The van der Waals surface area contributed by atoms with Gasteiger partial charge in [-0.05, 0) is 12.1 Å². The molecule has 1 aromatic rings. The molecule has 0 radical (unpaired) electrons. The summed E-state index contributed by atoms with van der Waals surface area (Å²) in [6, 6.07) is 3.08. The van der Waals surface area contributed by atoms with Crippen LogP contribution in [0, 0.1) is 0 Å². The van der Waals surface area contributed by atoms with Crippen LogP contribution in [-0.4, -0.2) is 12.2 Å². The van der Waals surface area contributed by atoms with E-state index in [-0.39, 0.29) is 5.96 Å². The van der Waals surface area contributed by atoms with E-state index in [2.05, 4.69) is 10.2 Å². The zero-order chi connectivity index (χ0) is 11.4. The van der Waals surface area contributed by atoms with Crippen LogP contribution in [0.2, 0.25) is 15.1 Å². The summed E-state index contributed by atoms with van der Waals surface area (Å²) in [5.74, 6) is -0.137. The van der Waals surface area contributed by atoms with Gasteiger partial charge in [-0.25, -0.2) is 0 Å². The number of nitrogens with zero attached hydrogens (tertiary/aromatic N) is 2. The van der Waals surface area contributed by atoms with Gasteiger partial charge in [0.25, 0.3) is 0 Å². The van der Waals surface area contributed by atoms with Gasteiger partial charge in [0.1, 0.15) is 0 Å². The second-order valence-electron chi connectivity index (χ2n) is 2.56. The van der Waals surface area contributed by atoms with Gasteiger partial charge in [0.2, 0.25) is 5.96 Å². The largest absolute Gasteiger partial charge is 0.369 e. The molecule has 0 aliphatic carbocycles. The number of halogens is 3. The quantitative estimate of drug-likeness (QED) is 0.372. The summed E-state index contributed by atoms with van der Waals surface area (Å²) in [5.41, 5.74) is 10.7. The predicted octanol–water partition coefficient (Wildman–Crippen LogP) is 2.25. The Morgan fingerprint density at radius 1 is 1.07 bits per heavy atom. The zero-order valence-corrected chi connectivity index (χ0v) is 9.68. The Balaban J connectivity index is 3.01. The Morgan fingerprint density at radius 3 is 2.27 bits per heavy atom. The van der Waals surface area contributed by atoms with E-state index in [0.29, 0.717) is 20.6 Å². The van der Waals surface area contributed by atoms with E-state index in [1.54, 1.807) is 6.07 Å². The first-order chi connectivity index (χ1) is 7.00. The molecule has 15 heavy (non-hydrogen) atoms. The van der Waals surface area contributed by atoms with Crippen molar-refractivity contribution < 1.29 is 0 Å². The maximum Gasteiger partial charge on any atom is 0.211 e. The topological polar surface area (TPSA) is 76.8 Å². The van der Waals surface area contributed by atoms with Gasteiger partial charge >= 0.3 is 0 Å². The maximum atomic E-state index is 5.87. The number of rotatable bonds is 2. The van der Waals surface area contributed by atoms with Crippen molar-refractivity contribution in [2.24, 2.45) is 21.7 Å². The summed E-state index contributed by atoms with van der Waals surface area (Å²) >= 11 is 17.4. The van der Waals surface area contributed by atoms with E-state index in [1.165, 1.54) is 12.3 Å². The fraction of sp³-hybridized carbons (Fsp3) is 0. The van der Waals surface area contributed by atoms with E-state index in [1.807, 2.05) is 0 Å². The van der Waals surface area contributed by atoms with Crippen LogP contribution in [0.1, 0.15) is 5.56 Å². The average molecular weight is 266 g/mol. The number of nitrogens with two attached hydrogens (primary N) is 2. The van der Waals surface area contributed by atoms with Crippen molar-refractivity contribution >= 4 is 47.0 Å². The maximum absolute atomic E-state index is 5.87. The van der Waals surface area contributed by atoms with Crippen molar-refractivity contribution in [1.82, 2.24) is 0 Å². The summed E-state index contributed by atoms with van der Waals surface area (Å²) in [6.45, 7) is 0. The first kappa shape index (κ1) is 12.1. The van der Waals surface area contributed by atoms with Crippen LogP contribution in [0.4, 0.5) is 0 Å². The molecule has 0 amide bonds. The van der Waals surface area contributed by atoms with Crippen molar-refractivity contribution in [1.29, 1.82) is 0 Å². The molecule has 4 nitrogen and oxygen atoms in total. The van der Waals surface area contributed by atoms with Crippen LogP contribution in [0.25, 0.3) is 0 Å². The first-order valence-corrected chi connectivity index (χ1v) is 4.90. The average Bonchev–Trinajstić information content (AvgIpc) is 2.13. The van der Waals surface area contributed by atoms with Crippen LogP contribution in [0.15, 0.2) is 22.3 Å². The predicted molar refractivity (Wildman–Crippen MR) is 64.9 cm³/mol. The highest BCUT2D eigenvalue weighted by molar-refractivity contribution is 6.43. The Morgan fingerprint density at radius 2 is 1.67 bits per heavy atom. The summed E-state index contributed by atoms with van der Waals surface area (Å²) in [7, 11) is 0. The molecule has 0 fully saturated rings. The Labute approximate surface area is 102 Å². The van der Waals surface area contributed by atoms with Gasteiger partial charge in [0.15, 0.2) is 0 Å². The molecule has 1 rings (SSSR count). The smallest absolute Gasteiger partial charge is 0.211 e. The molecule has 4 N–H and O–H groups in total. The van der Waals surface area contributed by atoms with E-state index in [9.17, 15) is 0 Å². The third-order valence-corrected chi connectivity index (χ3v) is 2.46. The monoisotopic (exact) mass is 264 g/mol. The van der Waals surface area contributed by atoms with Gasteiger partial charge < -0.3 is 11.5 Å². The summed E-state index contributed by atoms with van der Waals surface area (Å²) in [4.78, 5) is 0. The summed E-state index contributed by atoms with van der Waals surface area (Å²) in [5, 5.41) is 8.19. The highest BCUT2D eigenvalue weighted by atomic mass is 35.5. The summed E-state index contributed by atoms with van der Waals surface area (Å²) in [6.07, 6.45) is 1.38. The third kappa shape index (κ3) is 3.58. The number of guanidine groups is 1. The first-order valence-electron chi connectivity index (χ1n) is 3.77. The highest BCUT2D eigenvalue weighted by Crippen LogP contribution is 2.27. The Bertz CT molecular complexity index is 424. The van der Waals surface area contributed by atoms with Crippen molar-refractivity contribution in [3.05, 3.63) is 32.8 Å². The molecule has 1 aromatic carbocycles. The molecule has 0 saturated carbocycles. The van der Waals surface area contributed by atoms with Gasteiger partial charge in [0, 0.05) is 5.56 Å². The van der Waals surface area contributed by atoms with Crippen molar-refractivity contribution in [3.63, 3.8) is 0 Å². The third-order valence-electron chi connectivity index (χ3n) is 1.41. The molecule has 0 unspecified atom stereocenters. The number of hydrogen-bond acceptors (Lipinski definition) is 2. The molecule has 0 atom stereocenters. The molecule has 0 aliphatic heterocycles. The van der Waals surface area contributed by atoms with Gasteiger partial charge in [-0.2, -0.15) is 5.10 Å². The molecular formula is C8H7Cl3N4. The minimum absolute atomic E-state index is 0.137. The lowest BCUT2D eigenvalue weighted by Gasteiger charge is -2.00. The van der Waals surface area contributed by atoms with E-state index in [4.69, 9.17) is 46.3 Å². The number of hydrogen-bond donors (Lipinski definition) is 2. The minimum Gasteiger partial charge on any atom is -0.369 e. The standard InChI is InChI=1S/C8H7Cl3N4/c9-5-2-7(11)6(10)1-4(5)3-14-15-8(12)13/h1-3H,(H4,12,13,15).